The Morgan fingerprint density at radius 2 is 1.48 bits per heavy atom. The molecule has 0 aliphatic heterocycles. The SMILES string of the molecule is O=C(Cc1ccccc1Cl)NC(c1ccccc1)c1ccc(F)cc1. The van der Waals surface area contributed by atoms with Gasteiger partial charge in [-0.3, -0.25) is 4.79 Å². The Hall–Kier alpha value is -2.65. The van der Waals surface area contributed by atoms with Gasteiger partial charge >= 0.3 is 0 Å². The van der Waals surface area contributed by atoms with Crippen LogP contribution in [0, 0.1) is 5.82 Å². The third kappa shape index (κ3) is 4.46. The second-order valence-electron chi connectivity index (χ2n) is 5.73. The fraction of sp³-hybridized carbons (Fsp3) is 0.0952. The summed E-state index contributed by atoms with van der Waals surface area (Å²) in [7, 11) is 0. The van der Waals surface area contributed by atoms with Gasteiger partial charge in [-0.05, 0) is 34.9 Å². The lowest BCUT2D eigenvalue weighted by Crippen LogP contribution is -2.30. The molecule has 3 aromatic carbocycles. The van der Waals surface area contributed by atoms with Gasteiger partial charge in [0.1, 0.15) is 5.82 Å². The predicted molar refractivity (Wildman–Crippen MR) is 98.0 cm³/mol. The van der Waals surface area contributed by atoms with Crippen LogP contribution in [0.4, 0.5) is 4.39 Å². The Kier molecular flexibility index (Phi) is 5.46. The standard InChI is InChI=1S/C21H17ClFNO/c22-19-9-5-4-8-17(19)14-20(25)24-21(15-6-2-1-3-7-15)16-10-12-18(23)13-11-16/h1-13,21H,14H2,(H,24,25). The number of hydrogen-bond donors (Lipinski definition) is 1. The van der Waals surface area contributed by atoms with Crippen LogP contribution in [0.5, 0.6) is 0 Å². The van der Waals surface area contributed by atoms with Crippen molar-refractivity contribution < 1.29 is 9.18 Å². The second-order valence-corrected chi connectivity index (χ2v) is 6.14. The van der Waals surface area contributed by atoms with Gasteiger partial charge in [-0.2, -0.15) is 0 Å². The molecule has 0 saturated carbocycles. The van der Waals surface area contributed by atoms with Crippen molar-refractivity contribution >= 4 is 17.5 Å². The lowest BCUT2D eigenvalue weighted by molar-refractivity contribution is -0.120. The molecule has 25 heavy (non-hydrogen) atoms. The van der Waals surface area contributed by atoms with Crippen LogP contribution in [0.3, 0.4) is 0 Å². The normalized spacial score (nSPS) is 11.8. The fourth-order valence-electron chi connectivity index (χ4n) is 2.69. The average Bonchev–Trinajstić information content (AvgIpc) is 2.63. The Labute approximate surface area is 151 Å². The zero-order valence-corrected chi connectivity index (χ0v) is 14.2. The molecule has 4 heteroatoms. The molecule has 1 atom stereocenters. The van der Waals surface area contributed by atoms with Crippen molar-refractivity contribution in [3.05, 3.63) is 106 Å². The summed E-state index contributed by atoms with van der Waals surface area (Å²) in [6.07, 6.45) is 0.185. The Morgan fingerprint density at radius 3 is 2.16 bits per heavy atom. The van der Waals surface area contributed by atoms with Gasteiger partial charge in [0.2, 0.25) is 5.91 Å². The maximum absolute atomic E-state index is 13.2. The van der Waals surface area contributed by atoms with Crippen LogP contribution in [0.2, 0.25) is 5.02 Å². The molecule has 0 aromatic heterocycles. The molecule has 0 aliphatic carbocycles. The number of carbonyl (C=O) groups excluding carboxylic acids is 1. The van der Waals surface area contributed by atoms with Gasteiger partial charge in [0.25, 0.3) is 0 Å². The first-order valence-corrected chi connectivity index (χ1v) is 8.34. The predicted octanol–water partition coefficient (Wildman–Crippen LogP) is 4.93. The molecular weight excluding hydrogens is 337 g/mol. The highest BCUT2D eigenvalue weighted by atomic mass is 35.5. The number of benzene rings is 3. The van der Waals surface area contributed by atoms with Crippen molar-refractivity contribution in [2.45, 2.75) is 12.5 Å². The summed E-state index contributed by atoms with van der Waals surface area (Å²) in [5.74, 6) is -0.454. The molecule has 0 heterocycles. The zero-order valence-electron chi connectivity index (χ0n) is 13.5. The van der Waals surface area contributed by atoms with E-state index in [4.69, 9.17) is 11.6 Å². The van der Waals surface area contributed by atoms with E-state index in [-0.39, 0.29) is 24.2 Å². The molecular formula is C21H17ClFNO. The molecule has 126 valence electrons. The third-order valence-corrected chi connectivity index (χ3v) is 4.32. The van der Waals surface area contributed by atoms with E-state index in [1.54, 1.807) is 18.2 Å². The van der Waals surface area contributed by atoms with Crippen molar-refractivity contribution in [3.63, 3.8) is 0 Å². The summed E-state index contributed by atoms with van der Waals surface area (Å²) in [6, 6.07) is 22.7. The first-order valence-electron chi connectivity index (χ1n) is 7.96. The quantitative estimate of drug-likeness (QED) is 0.692. The number of amides is 1. The maximum atomic E-state index is 13.2. The highest BCUT2D eigenvalue weighted by Gasteiger charge is 2.17. The zero-order chi connectivity index (χ0) is 17.6. The highest BCUT2D eigenvalue weighted by molar-refractivity contribution is 6.31. The van der Waals surface area contributed by atoms with Crippen molar-refractivity contribution in [2.24, 2.45) is 0 Å². The summed E-state index contributed by atoms with van der Waals surface area (Å²) in [5, 5.41) is 3.59. The van der Waals surface area contributed by atoms with E-state index < -0.39 is 0 Å². The third-order valence-electron chi connectivity index (χ3n) is 3.95. The number of nitrogens with one attached hydrogen (secondary N) is 1. The van der Waals surface area contributed by atoms with Gasteiger partial charge in [0, 0.05) is 5.02 Å². The molecule has 0 fully saturated rings. The summed E-state index contributed by atoms with van der Waals surface area (Å²) >= 11 is 6.13. The van der Waals surface area contributed by atoms with E-state index >= 15 is 0 Å². The van der Waals surface area contributed by atoms with E-state index in [0.29, 0.717) is 5.02 Å². The van der Waals surface area contributed by atoms with E-state index in [0.717, 1.165) is 16.7 Å². The fourth-order valence-corrected chi connectivity index (χ4v) is 2.89. The minimum Gasteiger partial charge on any atom is -0.345 e. The van der Waals surface area contributed by atoms with E-state index in [9.17, 15) is 9.18 Å². The van der Waals surface area contributed by atoms with Crippen LogP contribution in [-0.4, -0.2) is 5.91 Å². The van der Waals surface area contributed by atoms with E-state index in [1.807, 2.05) is 48.5 Å². The van der Waals surface area contributed by atoms with Gasteiger partial charge in [-0.25, -0.2) is 4.39 Å². The van der Waals surface area contributed by atoms with E-state index in [2.05, 4.69) is 5.32 Å². The molecule has 0 saturated heterocycles. The summed E-state index contributed by atoms with van der Waals surface area (Å²) in [6.45, 7) is 0. The molecule has 1 N–H and O–H groups in total. The van der Waals surface area contributed by atoms with Crippen molar-refractivity contribution in [3.8, 4) is 0 Å². The summed E-state index contributed by atoms with van der Waals surface area (Å²) < 4.78 is 13.2. The summed E-state index contributed by atoms with van der Waals surface area (Å²) in [4.78, 5) is 12.5. The number of rotatable bonds is 5. The number of carbonyl (C=O) groups is 1. The van der Waals surface area contributed by atoms with Gasteiger partial charge in [-0.1, -0.05) is 72.3 Å². The van der Waals surface area contributed by atoms with Gasteiger partial charge in [0.05, 0.1) is 12.5 Å². The van der Waals surface area contributed by atoms with Crippen molar-refractivity contribution in [2.75, 3.05) is 0 Å². The Morgan fingerprint density at radius 1 is 0.880 bits per heavy atom. The topological polar surface area (TPSA) is 29.1 Å². The molecule has 1 amide bonds. The van der Waals surface area contributed by atoms with Gasteiger partial charge in [-0.15, -0.1) is 0 Å². The minimum atomic E-state index is -0.350. The van der Waals surface area contributed by atoms with Crippen molar-refractivity contribution in [1.29, 1.82) is 0 Å². The summed E-state index contributed by atoms with van der Waals surface area (Å²) in [5.41, 5.74) is 2.52. The molecule has 2 nitrogen and oxygen atoms in total. The first-order chi connectivity index (χ1) is 12.1. The van der Waals surface area contributed by atoms with E-state index in [1.165, 1.54) is 12.1 Å². The molecule has 3 rings (SSSR count). The second kappa shape index (κ2) is 7.95. The lowest BCUT2D eigenvalue weighted by atomic mass is 9.98. The molecule has 0 spiro atoms. The number of halogens is 2. The molecule has 0 radical (unpaired) electrons. The molecule has 0 aliphatic rings. The Bertz CT molecular complexity index is 849. The smallest absolute Gasteiger partial charge is 0.225 e. The van der Waals surface area contributed by atoms with Crippen LogP contribution in [0.1, 0.15) is 22.7 Å². The molecule has 0 bridgehead atoms. The lowest BCUT2D eigenvalue weighted by Gasteiger charge is -2.20. The number of hydrogen-bond acceptors (Lipinski definition) is 1. The van der Waals surface area contributed by atoms with Gasteiger partial charge < -0.3 is 5.32 Å². The Balaban J connectivity index is 1.84. The highest BCUT2D eigenvalue weighted by Crippen LogP contribution is 2.23. The molecule has 1 unspecified atom stereocenters. The monoisotopic (exact) mass is 353 g/mol. The van der Waals surface area contributed by atoms with Gasteiger partial charge in [0.15, 0.2) is 0 Å². The average molecular weight is 354 g/mol. The van der Waals surface area contributed by atoms with Crippen LogP contribution in [0.15, 0.2) is 78.9 Å². The molecule has 3 aromatic rings. The van der Waals surface area contributed by atoms with Crippen molar-refractivity contribution in [1.82, 2.24) is 5.32 Å². The van der Waals surface area contributed by atoms with Crippen LogP contribution < -0.4 is 5.32 Å². The first kappa shape index (κ1) is 17.2. The largest absolute Gasteiger partial charge is 0.345 e. The minimum absolute atomic E-state index is 0.147. The maximum Gasteiger partial charge on any atom is 0.225 e. The van der Waals surface area contributed by atoms with Crippen LogP contribution >= 0.6 is 11.6 Å². The van der Waals surface area contributed by atoms with Crippen LogP contribution in [-0.2, 0) is 11.2 Å². The van der Waals surface area contributed by atoms with Crippen LogP contribution in [0.25, 0.3) is 0 Å².